The summed E-state index contributed by atoms with van der Waals surface area (Å²) in [4.78, 5) is 10.8. The van der Waals surface area contributed by atoms with Gasteiger partial charge in [-0.3, -0.25) is 4.79 Å². The second kappa shape index (κ2) is 5.75. The van der Waals surface area contributed by atoms with Crippen molar-refractivity contribution in [2.45, 2.75) is 19.4 Å². The molecule has 62 valence electrons. The number of hydrogen-bond acceptors (Lipinski definition) is 2. The fraction of sp³-hybridized carbons (Fsp3) is 0.625. The van der Waals surface area contributed by atoms with Gasteiger partial charge in [-0.05, 0) is 14.0 Å². The van der Waals surface area contributed by atoms with Gasteiger partial charge in [-0.15, -0.1) is 6.42 Å². The minimum atomic E-state index is -0.0883. The quantitative estimate of drug-likeness (QED) is 0.547. The van der Waals surface area contributed by atoms with Crippen LogP contribution in [0.3, 0.4) is 0 Å². The number of rotatable bonds is 4. The molecule has 2 N–H and O–H groups in total. The Labute approximate surface area is 67.6 Å². The predicted molar refractivity (Wildman–Crippen MR) is 45.0 cm³/mol. The average Bonchev–Trinajstić information content (AvgIpc) is 2.01. The summed E-state index contributed by atoms with van der Waals surface area (Å²) in [6.07, 6.45) is 5.10. The lowest BCUT2D eigenvalue weighted by Crippen LogP contribution is -2.36. The molecule has 3 nitrogen and oxygen atoms in total. The van der Waals surface area contributed by atoms with Gasteiger partial charge < -0.3 is 10.6 Å². The van der Waals surface area contributed by atoms with Crippen LogP contribution in [-0.4, -0.2) is 25.5 Å². The first-order valence-electron chi connectivity index (χ1n) is 3.58. The number of carbonyl (C=O) groups is 1. The van der Waals surface area contributed by atoms with E-state index in [1.807, 2.05) is 14.0 Å². The summed E-state index contributed by atoms with van der Waals surface area (Å²) in [5, 5.41) is 5.69. The number of terminal acetylenes is 1. The lowest BCUT2D eigenvalue weighted by atomic mass is 10.3. The molecule has 0 aromatic carbocycles. The first-order valence-corrected chi connectivity index (χ1v) is 3.58. The van der Waals surface area contributed by atoms with E-state index in [-0.39, 0.29) is 18.4 Å². The third kappa shape index (κ3) is 5.43. The second-order valence-corrected chi connectivity index (χ2v) is 2.37. The van der Waals surface area contributed by atoms with E-state index in [0.29, 0.717) is 6.54 Å². The Morgan fingerprint density at radius 2 is 2.36 bits per heavy atom. The van der Waals surface area contributed by atoms with Gasteiger partial charge in [0, 0.05) is 12.6 Å². The summed E-state index contributed by atoms with van der Waals surface area (Å²) in [6, 6.07) is 0.289. The maximum Gasteiger partial charge on any atom is 0.232 e. The number of likely N-dealkylation sites (N-methyl/N-ethyl adjacent to an activating group) is 1. The molecule has 11 heavy (non-hydrogen) atoms. The van der Waals surface area contributed by atoms with Crippen LogP contribution in [0.4, 0.5) is 0 Å². The molecule has 3 heteroatoms. The number of carbonyl (C=O) groups excluding carboxylic acids is 1. The largest absolute Gasteiger partial charge is 0.354 e. The van der Waals surface area contributed by atoms with E-state index in [0.717, 1.165) is 0 Å². The molecular formula is C8H14N2O. The molecule has 0 fully saturated rings. The Bertz CT molecular complexity index is 160. The highest BCUT2D eigenvalue weighted by Gasteiger charge is 2.00. The second-order valence-electron chi connectivity index (χ2n) is 2.37. The van der Waals surface area contributed by atoms with E-state index in [1.165, 1.54) is 0 Å². The summed E-state index contributed by atoms with van der Waals surface area (Å²) in [5.41, 5.74) is 0. The molecule has 0 aromatic rings. The van der Waals surface area contributed by atoms with Crippen LogP contribution >= 0.6 is 0 Å². The molecule has 0 aliphatic carbocycles. The normalized spacial score (nSPS) is 11.7. The molecule has 0 radical (unpaired) electrons. The molecule has 1 amide bonds. The van der Waals surface area contributed by atoms with Gasteiger partial charge in [-0.25, -0.2) is 0 Å². The Morgan fingerprint density at radius 3 is 2.82 bits per heavy atom. The van der Waals surface area contributed by atoms with Crippen molar-refractivity contribution in [3.63, 3.8) is 0 Å². The van der Waals surface area contributed by atoms with Gasteiger partial charge in [0.25, 0.3) is 0 Å². The molecule has 0 aliphatic heterocycles. The van der Waals surface area contributed by atoms with E-state index in [1.54, 1.807) is 0 Å². The van der Waals surface area contributed by atoms with Crippen LogP contribution in [0.5, 0.6) is 0 Å². The van der Waals surface area contributed by atoms with E-state index in [2.05, 4.69) is 16.6 Å². The van der Waals surface area contributed by atoms with Gasteiger partial charge in [0.1, 0.15) is 0 Å². The van der Waals surface area contributed by atoms with Crippen molar-refractivity contribution in [1.29, 1.82) is 0 Å². The van der Waals surface area contributed by atoms with Gasteiger partial charge in [-0.1, -0.05) is 5.92 Å². The molecule has 0 heterocycles. The lowest BCUT2D eigenvalue weighted by Gasteiger charge is -2.09. The van der Waals surface area contributed by atoms with Crippen molar-refractivity contribution in [2.24, 2.45) is 0 Å². The van der Waals surface area contributed by atoms with Gasteiger partial charge in [0.2, 0.25) is 5.91 Å². The summed E-state index contributed by atoms with van der Waals surface area (Å²) in [7, 11) is 1.85. The van der Waals surface area contributed by atoms with E-state index < -0.39 is 0 Å². The Balaban J connectivity index is 3.39. The maximum absolute atomic E-state index is 10.8. The van der Waals surface area contributed by atoms with Crippen LogP contribution in [-0.2, 0) is 4.79 Å². The minimum absolute atomic E-state index is 0.0883. The van der Waals surface area contributed by atoms with Crippen LogP contribution in [0, 0.1) is 12.3 Å². The van der Waals surface area contributed by atoms with Crippen LogP contribution in [0.2, 0.25) is 0 Å². The van der Waals surface area contributed by atoms with Crippen LogP contribution in [0.15, 0.2) is 0 Å². The molecule has 0 spiro atoms. The number of amides is 1. The highest BCUT2D eigenvalue weighted by molar-refractivity contribution is 5.78. The molecule has 0 saturated carbocycles. The fourth-order valence-electron chi connectivity index (χ4n) is 0.524. The zero-order valence-electron chi connectivity index (χ0n) is 6.98. The molecule has 1 unspecified atom stereocenters. The predicted octanol–water partition coefficient (Wildman–Crippen LogP) is -0.266. The van der Waals surface area contributed by atoms with Crippen molar-refractivity contribution in [2.75, 3.05) is 13.6 Å². The van der Waals surface area contributed by atoms with Gasteiger partial charge in [0.15, 0.2) is 0 Å². The van der Waals surface area contributed by atoms with Gasteiger partial charge >= 0.3 is 0 Å². The first-order chi connectivity index (χ1) is 5.20. The summed E-state index contributed by atoms with van der Waals surface area (Å²) in [5.74, 6) is 2.19. The average molecular weight is 154 g/mol. The molecule has 1 atom stereocenters. The molecular weight excluding hydrogens is 140 g/mol. The monoisotopic (exact) mass is 154 g/mol. The number of hydrogen-bond donors (Lipinski definition) is 2. The molecule has 0 aliphatic rings. The van der Waals surface area contributed by atoms with Crippen LogP contribution < -0.4 is 10.6 Å². The molecule has 0 aromatic heterocycles. The SMILES string of the molecule is C#CCC(=O)NCC(C)NC. The lowest BCUT2D eigenvalue weighted by molar-refractivity contribution is -0.120. The minimum Gasteiger partial charge on any atom is -0.354 e. The van der Waals surface area contributed by atoms with Crippen LogP contribution in [0.25, 0.3) is 0 Å². The van der Waals surface area contributed by atoms with Crippen molar-refractivity contribution in [1.82, 2.24) is 10.6 Å². The molecule has 0 bridgehead atoms. The smallest absolute Gasteiger partial charge is 0.232 e. The van der Waals surface area contributed by atoms with E-state index in [4.69, 9.17) is 6.42 Å². The first kappa shape index (κ1) is 9.99. The Morgan fingerprint density at radius 1 is 1.73 bits per heavy atom. The van der Waals surface area contributed by atoms with Crippen molar-refractivity contribution in [3.05, 3.63) is 0 Å². The van der Waals surface area contributed by atoms with E-state index >= 15 is 0 Å². The number of nitrogens with one attached hydrogen (secondary N) is 2. The highest BCUT2D eigenvalue weighted by Crippen LogP contribution is 1.78. The fourth-order valence-corrected chi connectivity index (χ4v) is 0.524. The summed E-state index contributed by atoms with van der Waals surface area (Å²) >= 11 is 0. The zero-order valence-corrected chi connectivity index (χ0v) is 6.98. The van der Waals surface area contributed by atoms with E-state index in [9.17, 15) is 4.79 Å². The third-order valence-corrected chi connectivity index (χ3v) is 1.36. The standard InChI is InChI=1S/C8H14N2O/c1-4-5-8(11)10-6-7(2)9-3/h1,7,9H,5-6H2,2-3H3,(H,10,11). The Kier molecular flexibility index (Phi) is 5.22. The highest BCUT2D eigenvalue weighted by atomic mass is 16.1. The summed E-state index contributed by atoms with van der Waals surface area (Å²) < 4.78 is 0. The third-order valence-electron chi connectivity index (χ3n) is 1.36. The maximum atomic E-state index is 10.8. The van der Waals surface area contributed by atoms with Crippen LogP contribution in [0.1, 0.15) is 13.3 Å². The van der Waals surface area contributed by atoms with Crippen molar-refractivity contribution < 1.29 is 4.79 Å². The van der Waals surface area contributed by atoms with Gasteiger partial charge in [0.05, 0.1) is 6.42 Å². The Hall–Kier alpha value is -1.01. The van der Waals surface area contributed by atoms with Gasteiger partial charge in [-0.2, -0.15) is 0 Å². The van der Waals surface area contributed by atoms with Crippen molar-refractivity contribution in [3.8, 4) is 12.3 Å². The zero-order chi connectivity index (χ0) is 8.69. The van der Waals surface area contributed by atoms with Crippen molar-refractivity contribution >= 4 is 5.91 Å². The topological polar surface area (TPSA) is 41.1 Å². The summed E-state index contributed by atoms with van der Waals surface area (Å²) in [6.45, 7) is 2.60. The molecule has 0 rings (SSSR count). The molecule has 0 saturated heterocycles.